The predicted octanol–water partition coefficient (Wildman–Crippen LogP) is 2.96. The summed E-state index contributed by atoms with van der Waals surface area (Å²) in [4.78, 5) is 0. The van der Waals surface area contributed by atoms with Crippen LogP contribution in [0.5, 0.6) is 11.5 Å². The third kappa shape index (κ3) is 1.50. The summed E-state index contributed by atoms with van der Waals surface area (Å²) >= 11 is 0. The molecule has 1 heterocycles. The highest BCUT2D eigenvalue weighted by Gasteiger charge is 2.37. The fourth-order valence-corrected chi connectivity index (χ4v) is 1.84. The van der Waals surface area contributed by atoms with Gasteiger partial charge in [-0.05, 0) is 25.5 Å². The molecule has 2 rings (SSSR count). The maximum atomic E-state index is 5.95. The molecule has 0 radical (unpaired) electrons. The largest absolute Gasteiger partial charge is 0.493 e. The van der Waals surface area contributed by atoms with Crippen LogP contribution in [-0.4, -0.2) is 12.7 Å². The highest BCUT2D eigenvalue weighted by molar-refractivity contribution is 5.51. The van der Waals surface area contributed by atoms with E-state index in [1.54, 1.807) is 7.11 Å². The summed E-state index contributed by atoms with van der Waals surface area (Å²) in [6.07, 6.45) is 0.870. The summed E-state index contributed by atoms with van der Waals surface area (Å²) < 4.78 is 11.2. The molecule has 2 heteroatoms. The molecule has 80 valence electrons. The zero-order valence-electron chi connectivity index (χ0n) is 9.46. The van der Waals surface area contributed by atoms with E-state index in [0.717, 1.165) is 23.5 Å². The second-order valence-corrected chi connectivity index (χ2v) is 4.24. The standard InChI is InChI=1S/C13H16O2/c1-9(2)13(3)8-10-6-5-7-11(14-4)12(10)15-13/h5-7H,1,8H2,2-4H3/t13-/m0/s1. The van der Waals surface area contributed by atoms with Crippen molar-refractivity contribution in [2.24, 2.45) is 0 Å². The third-order valence-corrected chi connectivity index (χ3v) is 3.04. The second-order valence-electron chi connectivity index (χ2n) is 4.24. The minimum Gasteiger partial charge on any atom is -0.493 e. The van der Waals surface area contributed by atoms with Gasteiger partial charge in [0.15, 0.2) is 11.5 Å². The van der Waals surface area contributed by atoms with E-state index in [4.69, 9.17) is 9.47 Å². The molecule has 15 heavy (non-hydrogen) atoms. The monoisotopic (exact) mass is 204 g/mol. The van der Waals surface area contributed by atoms with Crippen LogP contribution in [0.25, 0.3) is 0 Å². The van der Waals surface area contributed by atoms with Gasteiger partial charge >= 0.3 is 0 Å². The number of para-hydroxylation sites is 1. The van der Waals surface area contributed by atoms with E-state index < -0.39 is 0 Å². The van der Waals surface area contributed by atoms with E-state index in [-0.39, 0.29) is 5.60 Å². The van der Waals surface area contributed by atoms with Gasteiger partial charge in [-0.25, -0.2) is 0 Å². The summed E-state index contributed by atoms with van der Waals surface area (Å²) in [5.41, 5.74) is 1.96. The normalized spacial score (nSPS) is 23.1. The van der Waals surface area contributed by atoms with Crippen molar-refractivity contribution in [2.45, 2.75) is 25.9 Å². The van der Waals surface area contributed by atoms with E-state index >= 15 is 0 Å². The summed E-state index contributed by atoms with van der Waals surface area (Å²) in [5.74, 6) is 1.67. The van der Waals surface area contributed by atoms with Crippen LogP contribution in [0.4, 0.5) is 0 Å². The zero-order valence-corrected chi connectivity index (χ0v) is 9.46. The van der Waals surface area contributed by atoms with Gasteiger partial charge < -0.3 is 9.47 Å². The molecule has 0 saturated heterocycles. The lowest BCUT2D eigenvalue weighted by Gasteiger charge is -2.24. The van der Waals surface area contributed by atoms with Crippen molar-refractivity contribution in [3.63, 3.8) is 0 Å². The number of ether oxygens (including phenoxy) is 2. The summed E-state index contributed by atoms with van der Waals surface area (Å²) in [6.45, 7) is 8.04. The van der Waals surface area contributed by atoms with Gasteiger partial charge in [0, 0.05) is 12.0 Å². The molecule has 0 amide bonds. The van der Waals surface area contributed by atoms with Crippen molar-refractivity contribution in [3.05, 3.63) is 35.9 Å². The molecule has 0 aliphatic carbocycles. The summed E-state index contributed by atoms with van der Waals surface area (Å²) in [5, 5.41) is 0. The van der Waals surface area contributed by atoms with Crippen LogP contribution in [0.2, 0.25) is 0 Å². The van der Waals surface area contributed by atoms with Crippen LogP contribution >= 0.6 is 0 Å². The van der Waals surface area contributed by atoms with Crippen LogP contribution in [0.3, 0.4) is 0 Å². The highest BCUT2D eigenvalue weighted by atomic mass is 16.5. The fraction of sp³-hybridized carbons (Fsp3) is 0.385. The molecule has 0 unspecified atom stereocenters. The zero-order chi connectivity index (χ0) is 11.1. The lowest BCUT2D eigenvalue weighted by Crippen LogP contribution is -2.31. The molecule has 0 saturated carbocycles. The minimum atomic E-state index is -0.281. The molecule has 0 N–H and O–H groups in total. The second kappa shape index (κ2) is 3.30. The SMILES string of the molecule is C=C(C)[C@]1(C)Cc2cccc(OC)c2O1. The van der Waals surface area contributed by atoms with Crippen molar-refractivity contribution in [1.82, 2.24) is 0 Å². The maximum absolute atomic E-state index is 5.95. The molecule has 1 atom stereocenters. The van der Waals surface area contributed by atoms with Crippen molar-refractivity contribution in [2.75, 3.05) is 7.11 Å². The minimum absolute atomic E-state index is 0.281. The first-order valence-corrected chi connectivity index (χ1v) is 5.08. The van der Waals surface area contributed by atoms with E-state index in [1.807, 2.05) is 19.1 Å². The van der Waals surface area contributed by atoms with Crippen molar-refractivity contribution >= 4 is 0 Å². The molecule has 0 bridgehead atoms. The molecular weight excluding hydrogens is 188 g/mol. The number of hydrogen-bond acceptors (Lipinski definition) is 2. The first kappa shape index (κ1) is 10.1. The average Bonchev–Trinajstić information content (AvgIpc) is 2.55. The third-order valence-electron chi connectivity index (χ3n) is 3.04. The Morgan fingerprint density at radius 2 is 2.27 bits per heavy atom. The van der Waals surface area contributed by atoms with Gasteiger partial charge in [-0.1, -0.05) is 18.7 Å². The predicted molar refractivity (Wildman–Crippen MR) is 60.5 cm³/mol. The fourth-order valence-electron chi connectivity index (χ4n) is 1.84. The lowest BCUT2D eigenvalue weighted by atomic mass is 9.93. The van der Waals surface area contributed by atoms with Gasteiger partial charge in [0.2, 0.25) is 0 Å². The topological polar surface area (TPSA) is 18.5 Å². The van der Waals surface area contributed by atoms with Crippen LogP contribution in [0.15, 0.2) is 30.4 Å². The molecule has 1 aromatic carbocycles. The van der Waals surface area contributed by atoms with Gasteiger partial charge in [-0.3, -0.25) is 0 Å². The number of methoxy groups -OCH3 is 1. The van der Waals surface area contributed by atoms with Gasteiger partial charge in [-0.15, -0.1) is 0 Å². The number of benzene rings is 1. The molecule has 1 aliphatic heterocycles. The quantitative estimate of drug-likeness (QED) is 0.689. The first-order chi connectivity index (χ1) is 7.07. The Bertz CT molecular complexity index is 409. The Labute approximate surface area is 90.5 Å². The van der Waals surface area contributed by atoms with E-state index in [2.05, 4.69) is 19.6 Å². The number of hydrogen-bond donors (Lipinski definition) is 0. The van der Waals surface area contributed by atoms with Gasteiger partial charge in [0.05, 0.1) is 7.11 Å². The molecule has 1 aromatic rings. The van der Waals surface area contributed by atoms with Crippen LogP contribution in [-0.2, 0) is 6.42 Å². The molecule has 0 fully saturated rings. The van der Waals surface area contributed by atoms with E-state index in [1.165, 1.54) is 5.56 Å². The van der Waals surface area contributed by atoms with Crippen LogP contribution < -0.4 is 9.47 Å². The molecule has 2 nitrogen and oxygen atoms in total. The molecule has 1 aliphatic rings. The smallest absolute Gasteiger partial charge is 0.165 e. The Morgan fingerprint density at radius 1 is 1.53 bits per heavy atom. The van der Waals surface area contributed by atoms with Gasteiger partial charge in [0.25, 0.3) is 0 Å². The van der Waals surface area contributed by atoms with Crippen LogP contribution in [0.1, 0.15) is 19.4 Å². The van der Waals surface area contributed by atoms with Gasteiger partial charge in [-0.2, -0.15) is 0 Å². The lowest BCUT2D eigenvalue weighted by molar-refractivity contribution is 0.152. The Kier molecular flexibility index (Phi) is 2.22. The van der Waals surface area contributed by atoms with Crippen LogP contribution in [0, 0.1) is 0 Å². The van der Waals surface area contributed by atoms with Crippen molar-refractivity contribution in [3.8, 4) is 11.5 Å². The van der Waals surface area contributed by atoms with E-state index in [9.17, 15) is 0 Å². The Hall–Kier alpha value is -1.44. The van der Waals surface area contributed by atoms with Crippen molar-refractivity contribution in [1.29, 1.82) is 0 Å². The average molecular weight is 204 g/mol. The Balaban J connectivity index is 2.42. The van der Waals surface area contributed by atoms with E-state index in [0.29, 0.717) is 0 Å². The Morgan fingerprint density at radius 3 is 2.87 bits per heavy atom. The van der Waals surface area contributed by atoms with Gasteiger partial charge in [0.1, 0.15) is 5.60 Å². The summed E-state index contributed by atoms with van der Waals surface area (Å²) in [6, 6.07) is 5.99. The molecular formula is C13H16O2. The summed E-state index contributed by atoms with van der Waals surface area (Å²) in [7, 11) is 1.66. The molecule has 0 aromatic heterocycles. The highest BCUT2D eigenvalue weighted by Crippen LogP contribution is 2.43. The maximum Gasteiger partial charge on any atom is 0.165 e. The first-order valence-electron chi connectivity index (χ1n) is 5.08. The number of rotatable bonds is 2. The van der Waals surface area contributed by atoms with Crippen molar-refractivity contribution < 1.29 is 9.47 Å². The molecule has 0 spiro atoms. The number of fused-ring (bicyclic) bond motifs is 1.